The summed E-state index contributed by atoms with van der Waals surface area (Å²) in [7, 11) is -3.01. The number of nitrogens with two attached hydrogens (primary N) is 1. The van der Waals surface area contributed by atoms with Crippen molar-refractivity contribution in [2.75, 3.05) is 18.1 Å². The first-order valence-corrected chi connectivity index (χ1v) is 9.01. The van der Waals surface area contributed by atoms with E-state index in [2.05, 4.69) is 0 Å². The van der Waals surface area contributed by atoms with Crippen molar-refractivity contribution in [3.05, 3.63) is 35.9 Å². The number of sulfone groups is 1. The molecule has 21 heavy (non-hydrogen) atoms. The number of amides is 1. The van der Waals surface area contributed by atoms with Crippen molar-refractivity contribution in [3.63, 3.8) is 0 Å². The van der Waals surface area contributed by atoms with Crippen LogP contribution < -0.4 is 5.73 Å². The minimum Gasteiger partial charge on any atom is -0.337 e. The van der Waals surface area contributed by atoms with E-state index in [0.717, 1.165) is 12.0 Å². The van der Waals surface area contributed by atoms with Gasteiger partial charge in [-0.15, -0.1) is 0 Å². The van der Waals surface area contributed by atoms with E-state index in [1.165, 1.54) is 0 Å². The first kappa shape index (κ1) is 16.0. The van der Waals surface area contributed by atoms with E-state index in [-0.39, 0.29) is 30.0 Å². The highest BCUT2D eigenvalue weighted by Gasteiger charge is 2.33. The number of rotatable bonds is 4. The summed E-state index contributed by atoms with van der Waals surface area (Å²) in [6.07, 6.45) is 1.31. The number of aryl methyl sites for hydroxylation is 1. The number of carbonyl (C=O) groups is 1. The van der Waals surface area contributed by atoms with Crippen LogP contribution >= 0.6 is 0 Å². The monoisotopic (exact) mass is 310 g/mol. The summed E-state index contributed by atoms with van der Waals surface area (Å²) in [4.78, 5) is 14.0. The summed E-state index contributed by atoms with van der Waals surface area (Å²) in [5.74, 6) is -0.0770. The average Bonchev–Trinajstić information content (AvgIpc) is 2.44. The van der Waals surface area contributed by atoms with Crippen molar-refractivity contribution >= 4 is 15.7 Å². The normalized spacial score (nSPS) is 22.8. The minimum atomic E-state index is -3.01. The molecule has 0 radical (unpaired) electrons. The molecule has 1 aromatic rings. The Kier molecular flexibility index (Phi) is 5.00. The molecule has 0 aliphatic carbocycles. The van der Waals surface area contributed by atoms with E-state index >= 15 is 0 Å². The van der Waals surface area contributed by atoms with Crippen molar-refractivity contribution in [3.8, 4) is 0 Å². The van der Waals surface area contributed by atoms with Crippen molar-refractivity contribution < 1.29 is 13.2 Å². The molecule has 2 atom stereocenters. The van der Waals surface area contributed by atoms with E-state index in [4.69, 9.17) is 5.73 Å². The molecular weight excluding hydrogens is 288 g/mol. The summed E-state index contributed by atoms with van der Waals surface area (Å²) in [6.45, 7) is 2.01. The fraction of sp³-hybridized carbons (Fsp3) is 0.533. The third kappa shape index (κ3) is 4.28. The van der Waals surface area contributed by atoms with Gasteiger partial charge in [0.2, 0.25) is 5.91 Å². The summed E-state index contributed by atoms with van der Waals surface area (Å²) in [6, 6.07) is 9.01. The topological polar surface area (TPSA) is 80.5 Å². The average molecular weight is 310 g/mol. The predicted molar refractivity (Wildman–Crippen MR) is 82.6 cm³/mol. The van der Waals surface area contributed by atoms with Gasteiger partial charge in [0.15, 0.2) is 9.84 Å². The van der Waals surface area contributed by atoms with Crippen molar-refractivity contribution in [1.29, 1.82) is 0 Å². The predicted octanol–water partition coefficient (Wildman–Crippen LogP) is 0.592. The van der Waals surface area contributed by atoms with E-state index < -0.39 is 15.9 Å². The fourth-order valence-corrected chi connectivity index (χ4v) is 4.19. The Bertz CT molecular complexity index is 586. The highest BCUT2D eigenvalue weighted by Crippen LogP contribution is 2.14. The Morgan fingerprint density at radius 2 is 2.05 bits per heavy atom. The van der Waals surface area contributed by atoms with E-state index in [9.17, 15) is 13.2 Å². The molecular formula is C15H22N2O3S. The van der Waals surface area contributed by atoms with Gasteiger partial charge in [0, 0.05) is 12.6 Å². The molecule has 2 unspecified atom stereocenters. The highest BCUT2D eigenvalue weighted by molar-refractivity contribution is 7.91. The summed E-state index contributed by atoms with van der Waals surface area (Å²) in [5.41, 5.74) is 7.13. The zero-order valence-corrected chi connectivity index (χ0v) is 13.1. The quantitative estimate of drug-likeness (QED) is 0.883. The zero-order valence-electron chi connectivity index (χ0n) is 12.2. The molecule has 0 spiro atoms. The van der Waals surface area contributed by atoms with Crippen molar-refractivity contribution in [1.82, 2.24) is 4.90 Å². The van der Waals surface area contributed by atoms with Crippen LogP contribution in [0.25, 0.3) is 0 Å². The Labute approximate surface area is 126 Å². The number of hydrogen-bond donors (Lipinski definition) is 1. The Balaban J connectivity index is 1.90. The first-order chi connectivity index (χ1) is 9.89. The van der Waals surface area contributed by atoms with Crippen molar-refractivity contribution in [2.24, 2.45) is 5.73 Å². The molecule has 2 rings (SSSR count). The van der Waals surface area contributed by atoms with Crippen LogP contribution in [0.2, 0.25) is 0 Å². The van der Waals surface area contributed by atoms with E-state index in [1.807, 2.05) is 30.3 Å². The molecule has 1 fully saturated rings. The Morgan fingerprint density at radius 1 is 1.38 bits per heavy atom. The Hall–Kier alpha value is -1.40. The van der Waals surface area contributed by atoms with Crippen LogP contribution in [0.3, 0.4) is 0 Å². The summed E-state index contributed by atoms with van der Waals surface area (Å²) in [5, 5.41) is 0. The van der Waals surface area contributed by atoms with Crippen LogP contribution in [-0.2, 0) is 21.1 Å². The van der Waals surface area contributed by atoms with Gasteiger partial charge in [-0.3, -0.25) is 4.79 Å². The molecule has 116 valence electrons. The van der Waals surface area contributed by atoms with Gasteiger partial charge in [0.1, 0.15) is 0 Å². The Morgan fingerprint density at radius 3 is 2.67 bits per heavy atom. The lowest BCUT2D eigenvalue weighted by Gasteiger charge is -2.34. The molecule has 0 aromatic heterocycles. The molecule has 1 saturated heterocycles. The third-order valence-electron chi connectivity index (χ3n) is 3.86. The lowest BCUT2D eigenvalue weighted by molar-refractivity contribution is -0.134. The van der Waals surface area contributed by atoms with Gasteiger partial charge < -0.3 is 10.6 Å². The maximum atomic E-state index is 12.3. The fourth-order valence-electron chi connectivity index (χ4n) is 2.63. The number of hydrogen-bond acceptors (Lipinski definition) is 4. The van der Waals surface area contributed by atoms with Crippen LogP contribution in [0.5, 0.6) is 0 Å². The van der Waals surface area contributed by atoms with Gasteiger partial charge in [-0.25, -0.2) is 8.42 Å². The molecule has 1 heterocycles. The number of carbonyl (C=O) groups excluding carboxylic acids is 1. The van der Waals surface area contributed by atoms with Gasteiger partial charge in [0.05, 0.1) is 17.5 Å². The van der Waals surface area contributed by atoms with Gasteiger partial charge in [-0.1, -0.05) is 30.3 Å². The van der Waals surface area contributed by atoms with Crippen LogP contribution in [-0.4, -0.2) is 49.4 Å². The van der Waals surface area contributed by atoms with Crippen LogP contribution in [0.15, 0.2) is 30.3 Å². The second kappa shape index (κ2) is 6.58. The molecule has 0 bridgehead atoms. The molecule has 5 nitrogen and oxygen atoms in total. The molecule has 1 aromatic carbocycles. The molecule has 6 heteroatoms. The van der Waals surface area contributed by atoms with Gasteiger partial charge in [0.25, 0.3) is 0 Å². The third-order valence-corrected chi connectivity index (χ3v) is 5.65. The molecule has 1 aliphatic rings. The van der Waals surface area contributed by atoms with Crippen LogP contribution in [0.4, 0.5) is 0 Å². The second-order valence-corrected chi connectivity index (χ2v) is 7.85. The standard InChI is InChI=1S/C15H22N2O3S/c1-12-11-21(19,20)10-9-17(12)15(18)14(16)8-7-13-5-3-2-4-6-13/h2-6,12,14H,7-11,16H2,1H3. The molecule has 0 saturated carbocycles. The van der Waals surface area contributed by atoms with Crippen molar-refractivity contribution in [2.45, 2.75) is 31.8 Å². The van der Waals surface area contributed by atoms with Gasteiger partial charge in [-0.05, 0) is 25.3 Å². The smallest absolute Gasteiger partial charge is 0.239 e. The molecule has 1 aliphatic heterocycles. The number of benzene rings is 1. The highest BCUT2D eigenvalue weighted by atomic mass is 32.2. The summed E-state index contributed by atoms with van der Waals surface area (Å²) >= 11 is 0. The first-order valence-electron chi connectivity index (χ1n) is 7.19. The SMILES string of the molecule is CC1CS(=O)(=O)CCN1C(=O)C(N)CCc1ccccc1. The van der Waals surface area contributed by atoms with Gasteiger partial charge in [-0.2, -0.15) is 0 Å². The maximum Gasteiger partial charge on any atom is 0.239 e. The molecule has 1 amide bonds. The molecule has 2 N–H and O–H groups in total. The number of nitrogens with zero attached hydrogens (tertiary/aromatic N) is 1. The minimum absolute atomic E-state index is 0.0319. The largest absolute Gasteiger partial charge is 0.337 e. The second-order valence-electron chi connectivity index (χ2n) is 5.63. The lowest BCUT2D eigenvalue weighted by Crippen LogP contribution is -2.54. The maximum absolute atomic E-state index is 12.3. The zero-order chi connectivity index (χ0) is 15.5. The lowest BCUT2D eigenvalue weighted by atomic mass is 10.0. The van der Waals surface area contributed by atoms with E-state index in [1.54, 1.807) is 11.8 Å². The van der Waals surface area contributed by atoms with Crippen LogP contribution in [0, 0.1) is 0 Å². The van der Waals surface area contributed by atoms with Gasteiger partial charge >= 0.3 is 0 Å². The van der Waals surface area contributed by atoms with E-state index in [0.29, 0.717) is 6.42 Å². The van der Waals surface area contributed by atoms with Crippen LogP contribution in [0.1, 0.15) is 18.9 Å². The summed E-state index contributed by atoms with van der Waals surface area (Å²) < 4.78 is 23.1.